The van der Waals surface area contributed by atoms with Crippen LogP contribution < -0.4 is 10.6 Å². The molecule has 1 aliphatic carbocycles. The number of rotatable bonds is 5. The van der Waals surface area contributed by atoms with E-state index in [2.05, 4.69) is 27.7 Å². The number of nitrogens with zero attached hydrogens (tertiary/aromatic N) is 3. The first-order chi connectivity index (χ1) is 12.7. The van der Waals surface area contributed by atoms with Crippen molar-refractivity contribution in [3.8, 4) is 0 Å². The van der Waals surface area contributed by atoms with E-state index in [9.17, 15) is 4.79 Å². The van der Waals surface area contributed by atoms with Gasteiger partial charge >= 0.3 is 0 Å². The zero-order valence-corrected chi connectivity index (χ0v) is 18.7. The molecule has 0 aromatic carbocycles. The number of hydrogen-bond acceptors (Lipinski definition) is 4. The fourth-order valence-corrected chi connectivity index (χ4v) is 3.85. The Labute approximate surface area is 178 Å². The van der Waals surface area contributed by atoms with Gasteiger partial charge in [0.15, 0.2) is 11.7 Å². The number of carbonyl (C=O) groups excluding carboxylic acids is 1. The van der Waals surface area contributed by atoms with Crippen LogP contribution in [0.5, 0.6) is 0 Å². The molecule has 1 atom stereocenters. The Kier molecular flexibility index (Phi) is 8.85. The molecule has 1 aromatic heterocycles. The Morgan fingerprint density at radius 3 is 2.78 bits per heavy atom. The van der Waals surface area contributed by atoms with Gasteiger partial charge in [-0.05, 0) is 25.7 Å². The van der Waals surface area contributed by atoms with E-state index in [4.69, 9.17) is 4.52 Å². The van der Waals surface area contributed by atoms with Gasteiger partial charge in [0, 0.05) is 38.2 Å². The molecule has 1 saturated carbocycles. The highest BCUT2D eigenvalue weighted by molar-refractivity contribution is 14.0. The molecule has 1 aliphatic heterocycles. The number of hydrogen-bond donors (Lipinski definition) is 2. The molecule has 2 heterocycles. The predicted octanol–water partition coefficient (Wildman–Crippen LogP) is 2.70. The summed E-state index contributed by atoms with van der Waals surface area (Å²) in [5.74, 6) is 2.13. The molecule has 0 spiro atoms. The van der Waals surface area contributed by atoms with Crippen molar-refractivity contribution in [2.45, 2.75) is 64.5 Å². The summed E-state index contributed by atoms with van der Waals surface area (Å²) in [4.78, 5) is 19.0. The minimum Gasteiger partial charge on any atom is -0.359 e. The minimum atomic E-state index is 0. The Morgan fingerprint density at radius 1 is 1.33 bits per heavy atom. The summed E-state index contributed by atoms with van der Waals surface area (Å²) in [7, 11) is 1.76. The van der Waals surface area contributed by atoms with Crippen molar-refractivity contribution < 1.29 is 9.32 Å². The number of likely N-dealkylation sites (tertiary alicyclic amines) is 1. The van der Waals surface area contributed by atoms with Crippen molar-refractivity contribution in [1.82, 2.24) is 20.7 Å². The van der Waals surface area contributed by atoms with Gasteiger partial charge in [-0.25, -0.2) is 0 Å². The first-order valence-electron chi connectivity index (χ1n) is 9.90. The van der Waals surface area contributed by atoms with Crippen LogP contribution in [0.25, 0.3) is 0 Å². The van der Waals surface area contributed by atoms with Gasteiger partial charge in [0.2, 0.25) is 5.91 Å². The third-order valence-electron chi connectivity index (χ3n) is 5.42. The normalized spacial score (nSPS) is 21.0. The molecule has 1 unspecified atom stereocenters. The molecule has 1 aromatic rings. The van der Waals surface area contributed by atoms with Crippen molar-refractivity contribution in [3.05, 3.63) is 17.5 Å². The van der Waals surface area contributed by atoms with Gasteiger partial charge in [0.25, 0.3) is 0 Å². The topological polar surface area (TPSA) is 82.8 Å². The van der Waals surface area contributed by atoms with Gasteiger partial charge in [-0.1, -0.05) is 31.3 Å². The number of aromatic nitrogens is 1. The van der Waals surface area contributed by atoms with Crippen LogP contribution >= 0.6 is 24.0 Å². The van der Waals surface area contributed by atoms with Crippen molar-refractivity contribution in [3.63, 3.8) is 0 Å². The lowest BCUT2D eigenvalue weighted by atomic mass is 9.88. The molecule has 1 amide bonds. The first-order valence-corrected chi connectivity index (χ1v) is 9.90. The van der Waals surface area contributed by atoms with Gasteiger partial charge in [-0.3, -0.25) is 9.79 Å². The van der Waals surface area contributed by atoms with Crippen LogP contribution in [0.15, 0.2) is 15.6 Å². The molecule has 0 bridgehead atoms. The number of halogens is 1. The van der Waals surface area contributed by atoms with Crippen LogP contribution in [0.3, 0.4) is 0 Å². The molecule has 2 aliphatic rings. The second-order valence-corrected chi connectivity index (χ2v) is 7.31. The van der Waals surface area contributed by atoms with E-state index < -0.39 is 0 Å². The van der Waals surface area contributed by atoms with Crippen molar-refractivity contribution in [2.24, 2.45) is 10.9 Å². The van der Waals surface area contributed by atoms with E-state index >= 15 is 0 Å². The Morgan fingerprint density at radius 2 is 2.11 bits per heavy atom. The first kappa shape index (κ1) is 22.0. The maximum absolute atomic E-state index is 12.7. The van der Waals surface area contributed by atoms with Crippen LogP contribution in [-0.2, 0) is 17.8 Å². The smallest absolute Gasteiger partial charge is 0.225 e. The minimum absolute atomic E-state index is 0. The molecule has 2 fully saturated rings. The fourth-order valence-electron chi connectivity index (χ4n) is 3.85. The molecule has 8 heteroatoms. The predicted molar refractivity (Wildman–Crippen MR) is 116 cm³/mol. The molecule has 7 nitrogen and oxygen atoms in total. The summed E-state index contributed by atoms with van der Waals surface area (Å²) >= 11 is 0. The average molecular weight is 489 g/mol. The maximum Gasteiger partial charge on any atom is 0.225 e. The fraction of sp³-hybridized carbons (Fsp3) is 0.737. The van der Waals surface area contributed by atoms with E-state index in [-0.39, 0.29) is 35.9 Å². The standard InChI is InChI=1S/C19H31N5O2.HI/c1-3-15-11-17(26-23-15)12-21-19(20-2)22-16-9-10-24(13-16)18(25)14-7-5-4-6-8-14;/h11,14,16H,3-10,12-13H2,1-2H3,(H2,20,21,22);1H. The molecule has 1 saturated heterocycles. The lowest BCUT2D eigenvalue weighted by Crippen LogP contribution is -2.45. The Bertz CT molecular complexity index is 627. The number of carbonyl (C=O) groups is 1. The van der Waals surface area contributed by atoms with Crippen LogP contribution in [0.1, 0.15) is 56.9 Å². The van der Waals surface area contributed by atoms with Crippen LogP contribution in [0, 0.1) is 5.92 Å². The van der Waals surface area contributed by atoms with Crippen molar-refractivity contribution in [2.75, 3.05) is 20.1 Å². The number of nitrogens with one attached hydrogen (secondary N) is 2. The molecule has 3 rings (SSSR count). The molecule has 27 heavy (non-hydrogen) atoms. The number of amides is 1. The van der Waals surface area contributed by atoms with Crippen molar-refractivity contribution >= 4 is 35.8 Å². The number of aryl methyl sites for hydroxylation is 1. The summed E-state index contributed by atoms with van der Waals surface area (Å²) in [6, 6.07) is 2.20. The van der Waals surface area contributed by atoms with E-state index in [1.165, 1.54) is 19.3 Å². The van der Waals surface area contributed by atoms with Gasteiger partial charge in [0.05, 0.1) is 12.2 Å². The second-order valence-electron chi connectivity index (χ2n) is 7.31. The van der Waals surface area contributed by atoms with Gasteiger partial charge in [0.1, 0.15) is 0 Å². The lowest BCUT2D eigenvalue weighted by molar-refractivity contribution is -0.135. The van der Waals surface area contributed by atoms with Crippen LogP contribution in [0.4, 0.5) is 0 Å². The highest BCUT2D eigenvalue weighted by Gasteiger charge is 2.31. The van der Waals surface area contributed by atoms with Gasteiger partial charge in [-0.15, -0.1) is 24.0 Å². The third-order valence-corrected chi connectivity index (χ3v) is 5.42. The highest BCUT2D eigenvalue weighted by atomic mass is 127. The lowest BCUT2D eigenvalue weighted by Gasteiger charge is -2.26. The summed E-state index contributed by atoms with van der Waals surface area (Å²) in [5.41, 5.74) is 0.956. The molecule has 152 valence electrons. The zero-order valence-electron chi connectivity index (χ0n) is 16.4. The Hall–Kier alpha value is -1.32. The second kappa shape index (κ2) is 10.9. The third kappa shape index (κ3) is 6.08. The van der Waals surface area contributed by atoms with E-state index in [1.807, 2.05) is 11.0 Å². The monoisotopic (exact) mass is 489 g/mol. The maximum atomic E-state index is 12.7. The summed E-state index contributed by atoms with van der Waals surface area (Å²) in [6.45, 7) is 4.20. The van der Waals surface area contributed by atoms with E-state index in [0.717, 1.165) is 56.2 Å². The molecule has 2 N–H and O–H groups in total. The molecule has 0 radical (unpaired) electrons. The summed E-state index contributed by atoms with van der Waals surface area (Å²) < 4.78 is 5.29. The largest absolute Gasteiger partial charge is 0.359 e. The van der Waals surface area contributed by atoms with E-state index in [1.54, 1.807) is 7.05 Å². The molecular weight excluding hydrogens is 457 g/mol. The van der Waals surface area contributed by atoms with Crippen molar-refractivity contribution in [1.29, 1.82) is 0 Å². The summed E-state index contributed by atoms with van der Waals surface area (Å²) in [5, 5.41) is 10.7. The average Bonchev–Trinajstić information content (AvgIpc) is 3.34. The van der Waals surface area contributed by atoms with Crippen LogP contribution in [0.2, 0.25) is 0 Å². The number of aliphatic imine (C=N–C) groups is 1. The van der Waals surface area contributed by atoms with Gasteiger partial charge < -0.3 is 20.1 Å². The SMILES string of the molecule is CCc1cc(CNC(=NC)NC2CCN(C(=O)C3CCCCC3)C2)on1.I. The summed E-state index contributed by atoms with van der Waals surface area (Å²) in [6.07, 6.45) is 7.63. The van der Waals surface area contributed by atoms with Crippen LogP contribution in [-0.4, -0.2) is 48.1 Å². The number of guanidine groups is 1. The highest BCUT2D eigenvalue weighted by Crippen LogP contribution is 2.26. The zero-order chi connectivity index (χ0) is 18.4. The molecular formula is C19H32IN5O2. The van der Waals surface area contributed by atoms with Gasteiger partial charge in [-0.2, -0.15) is 0 Å². The van der Waals surface area contributed by atoms with E-state index in [0.29, 0.717) is 12.5 Å². The quantitative estimate of drug-likeness (QED) is 0.378. The Balaban J connectivity index is 0.00000261.